The molecule has 58 heavy (non-hydrogen) atoms. The Balaban J connectivity index is 0.00000408. The molecule has 0 spiro atoms. The first kappa shape index (κ1) is 35.4. The summed E-state index contributed by atoms with van der Waals surface area (Å²) in [6.07, 6.45) is 1.82. The average Bonchev–Trinajstić information content (AvgIpc) is 3.83. The van der Waals surface area contributed by atoms with Crippen LogP contribution < -0.4 is 14.5 Å². The van der Waals surface area contributed by atoms with Crippen LogP contribution in [0.1, 0.15) is 0 Å². The van der Waals surface area contributed by atoms with Crippen LogP contribution in [0.2, 0.25) is 0 Å². The molecule has 0 saturated heterocycles. The molecular weight excluding hydrogens is 803 g/mol. The molecule has 0 amide bonds. The van der Waals surface area contributed by atoms with E-state index in [1.807, 2.05) is 42.6 Å². The number of ether oxygens (including phenoxy) is 1. The van der Waals surface area contributed by atoms with E-state index >= 15 is 0 Å². The summed E-state index contributed by atoms with van der Waals surface area (Å²) in [5.41, 5.74) is 10.7. The third kappa shape index (κ3) is 6.02. The Hall–Kier alpha value is -6.97. The SMILES string of the molecule is [Pd].[c-]1c(Oc2[c-]c3c(cc2)c2ccccc2n3-c2ccccn2)cccc1N1[CH-]N(c2c(-c3ccccc3)cccc2-c2ccccc2)c2c1ccc1ccccc21. The minimum Gasteiger partial charge on any atom is -0.509 e. The van der Waals surface area contributed by atoms with Crippen LogP contribution in [0.25, 0.3) is 60.6 Å². The van der Waals surface area contributed by atoms with Crippen molar-refractivity contribution in [2.24, 2.45) is 0 Å². The van der Waals surface area contributed by atoms with Gasteiger partial charge in [-0.2, -0.15) is 12.1 Å². The summed E-state index contributed by atoms with van der Waals surface area (Å²) in [6.45, 7) is 2.20. The van der Waals surface area contributed by atoms with Gasteiger partial charge < -0.3 is 19.1 Å². The van der Waals surface area contributed by atoms with E-state index in [1.54, 1.807) is 0 Å². The third-order valence-corrected chi connectivity index (χ3v) is 10.7. The fourth-order valence-electron chi connectivity index (χ4n) is 8.20. The summed E-state index contributed by atoms with van der Waals surface area (Å²) in [5, 5.41) is 4.56. The van der Waals surface area contributed by atoms with Crippen LogP contribution in [0, 0.1) is 18.8 Å². The van der Waals surface area contributed by atoms with Crippen molar-refractivity contribution in [2.45, 2.75) is 0 Å². The van der Waals surface area contributed by atoms with Gasteiger partial charge in [-0.15, -0.1) is 48.1 Å². The maximum absolute atomic E-state index is 6.60. The normalized spacial score (nSPS) is 12.2. The van der Waals surface area contributed by atoms with Crippen molar-refractivity contribution in [2.75, 3.05) is 9.80 Å². The van der Waals surface area contributed by atoms with E-state index < -0.39 is 0 Å². The Kier molecular flexibility index (Phi) is 9.07. The molecule has 1 aliphatic heterocycles. The molecule has 0 atom stereocenters. The number of benzene rings is 8. The van der Waals surface area contributed by atoms with Crippen molar-refractivity contribution in [1.82, 2.24) is 9.55 Å². The number of rotatable bonds is 7. The van der Waals surface area contributed by atoms with E-state index in [2.05, 4.69) is 190 Å². The molecule has 5 nitrogen and oxygen atoms in total. The van der Waals surface area contributed by atoms with Gasteiger partial charge in [-0.25, -0.2) is 4.98 Å². The summed E-state index contributed by atoms with van der Waals surface area (Å²) in [5.74, 6) is 2.02. The van der Waals surface area contributed by atoms with Gasteiger partial charge in [0.2, 0.25) is 0 Å². The van der Waals surface area contributed by atoms with E-state index in [0.717, 1.165) is 78.0 Å². The number of aromatic nitrogens is 2. The van der Waals surface area contributed by atoms with Gasteiger partial charge >= 0.3 is 0 Å². The number of anilines is 4. The first-order valence-corrected chi connectivity index (χ1v) is 19.0. The molecule has 10 aromatic rings. The van der Waals surface area contributed by atoms with Crippen LogP contribution in [0.3, 0.4) is 0 Å². The molecular formula is C52H33N4OPd-3. The van der Waals surface area contributed by atoms with E-state index in [-0.39, 0.29) is 20.4 Å². The maximum atomic E-state index is 6.60. The summed E-state index contributed by atoms with van der Waals surface area (Å²) >= 11 is 0. The predicted octanol–water partition coefficient (Wildman–Crippen LogP) is 13.5. The van der Waals surface area contributed by atoms with Gasteiger partial charge in [-0.1, -0.05) is 139 Å². The van der Waals surface area contributed by atoms with Gasteiger partial charge in [-0.05, 0) is 46.2 Å². The first-order valence-electron chi connectivity index (χ1n) is 19.0. The molecule has 6 heteroatoms. The molecule has 8 aromatic carbocycles. The fourth-order valence-corrected chi connectivity index (χ4v) is 8.20. The summed E-state index contributed by atoms with van der Waals surface area (Å²) in [6, 6.07) is 72.6. The second-order valence-corrected chi connectivity index (χ2v) is 14.1. The van der Waals surface area contributed by atoms with E-state index in [9.17, 15) is 0 Å². The van der Waals surface area contributed by atoms with Gasteiger partial charge in [-0.3, -0.25) is 0 Å². The molecule has 0 saturated carbocycles. The zero-order chi connectivity index (χ0) is 37.7. The Morgan fingerprint density at radius 3 is 1.91 bits per heavy atom. The van der Waals surface area contributed by atoms with Gasteiger partial charge in [0.15, 0.2) is 0 Å². The Morgan fingerprint density at radius 2 is 1.16 bits per heavy atom. The monoisotopic (exact) mass is 835 g/mol. The van der Waals surface area contributed by atoms with Crippen molar-refractivity contribution in [1.29, 1.82) is 0 Å². The molecule has 1 aliphatic rings. The molecule has 0 unspecified atom stereocenters. The minimum absolute atomic E-state index is 0. The van der Waals surface area contributed by atoms with Gasteiger partial charge in [0.25, 0.3) is 0 Å². The Bertz CT molecular complexity index is 3040. The molecule has 0 radical (unpaired) electrons. The number of fused-ring (bicyclic) bond motifs is 6. The Labute approximate surface area is 350 Å². The molecule has 280 valence electrons. The number of pyridine rings is 1. The smallest absolute Gasteiger partial charge is 0.135 e. The van der Waals surface area contributed by atoms with E-state index in [4.69, 9.17) is 4.74 Å². The molecule has 2 aromatic heterocycles. The Morgan fingerprint density at radius 1 is 0.483 bits per heavy atom. The topological polar surface area (TPSA) is 33.5 Å². The van der Waals surface area contributed by atoms with E-state index in [0.29, 0.717) is 11.5 Å². The van der Waals surface area contributed by atoms with Crippen LogP contribution in [-0.4, -0.2) is 9.55 Å². The maximum Gasteiger partial charge on any atom is 0.135 e. The fraction of sp³-hybridized carbons (Fsp3) is 0. The van der Waals surface area contributed by atoms with Crippen LogP contribution in [-0.2, 0) is 20.4 Å². The zero-order valence-corrected chi connectivity index (χ0v) is 32.6. The van der Waals surface area contributed by atoms with Crippen LogP contribution in [0.5, 0.6) is 11.5 Å². The summed E-state index contributed by atoms with van der Waals surface area (Å²) < 4.78 is 8.74. The van der Waals surface area contributed by atoms with Gasteiger partial charge in [0, 0.05) is 77.2 Å². The number of hydrogen-bond acceptors (Lipinski definition) is 4. The molecule has 0 N–H and O–H groups in total. The average molecular weight is 836 g/mol. The van der Waals surface area contributed by atoms with Crippen molar-refractivity contribution in [3.8, 4) is 39.6 Å². The summed E-state index contributed by atoms with van der Waals surface area (Å²) in [7, 11) is 0. The molecule has 0 bridgehead atoms. The molecule has 0 fully saturated rings. The predicted molar refractivity (Wildman–Crippen MR) is 233 cm³/mol. The van der Waals surface area contributed by atoms with Crippen molar-refractivity contribution in [3.05, 3.63) is 213 Å². The van der Waals surface area contributed by atoms with Crippen LogP contribution in [0.15, 0.2) is 194 Å². The number of nitrogens with zero attached hydrogens (tertiary/aromatic N) is 4. The molecule has 3 heterocycles. The van der Waals surface area contributed by atoms with Crippen LogP contribution in [0.4, 0.5) is 22.7 Å². The molecule has 0 aliphatic carbocycles. The van der Waals surface area contributed by atoms with E-state index in [1.165, 1.54) is 5.39 Å². The standard InChI is InChI=1S/C52H33N4O.Pd/c1-3-15-36(16-4-1)42-24-14-25-43(37-17-5-2-6-18-37)51(42)55-35-54(48-31-28-38-19-7-8-22-44(38)52(48)55)39-20-13-21-40(33-39)57-41-29-30-46-45-23-9-10-26-47(45)56(49(46)34-41)50-27-11-12-32-53-50;/h1-32,35H;/q-3;. The second kappa shape index (κ2) is 14.8. The van der Waals surface area contributed by atoms with Crippen LogP contribution >= 0.6 is 0 Å². The second-order valence-electron chi connectivity index (χ2n) is 14.1. The first-order chi connectivity index (χ1) is 28.3. The van der Waals surface area contributed by atoms with Crippen molar-refractivity contribution >= 4 is 55.3 Å². The van der Waals surface area contributed by atoms with Gasteiger partial charge in [0.05, 0.1) is 0 Å². The third-order valence-electron chi connectivity index (χ3n) is 10.7. The van der Waals surface area contributed by atoms with Crippen molar-refractivity contribution < 1.29 is 25.2 Å². The van der Waals surface area contributed by atoms with Gasteiger partial charge in [0.1, 0.15) is 5.82 Å². The largest absolute Gasteiger partial charge is 0.509 e. The number of hydrogen-bond donors (Lipinski definition) is 0. The minimum atomic E-state index is 0. The summed E-state index contributed by atoms with van der Waals surface area (Å²) in [4.78, 5) is 9.27. The number of para-hydroxylation sites is 2. The zero-order valence-electron chi connectivity index (χ0n) is 31.1. The molecule has 11 rings (SSSR count). The van der Waals surface area contributed by atoms with Crippen molar-refractivity contribution in [3.63, 3.8) is 0 Å². The quantitative estimate of drug-likeness (QED) is 0.118.